The highest BCUT2D eigenvalue weighted by molar-refractivity contribution is 7.09. The number of hydrogen-bond acceptors (Lipinski definition) is 7. The van der Waals surface area contributed by atoms with Gasteiger partial charge in [-0.05, 0) is 36.1 Å². The summed E-state index contributed by atoms with van der Waals surface area (Å²) in [5, 5.41) is 3.29. The quantitative estimate of drug-likeness (QED) is 0.676. The molecular weight excluding hydrogens is 370 g/mol. The minimum absolute atomic E-state index is 0.793. The van der Waals surface area contributed by atoms with Gasteiger partial charge in [-0.25, -0.2) is 9.97 Å². The Bertz CT molecular complexity index is 926. The summed E-state index contributed by atoms with van der Waals surface area (Å²) >= 11 is 1.83. The molecule has 1 aromatic carbocycles. The molecule has 0 bridgehead atoms. The van der Waals surface area contributed by atoms with Gasteiger partial charge >= 0.3 is 0 Å². The lowest BCUT2D eigenvalue weighted by molar-refractivity contribution is 0.122. The molecule has 0 radical (unpaired) electrons. The van der Waals surface area contributed by atoms with Crippen LogP contribution in [0.3, 0.4) is 0 Å². The number of hydrogen-bond donors (Lipinski definition) is 0. The number of nitrogens with zero attached hydrogens (tertiary/aromatic N) is 5. The van der Waals surface area contributed by atoms with Gasteiger partial charge in [-0.1, -0.05) is 6.07 Å². The molecule has 5 rings (SSSR count). The molecule has 4 heterocycles. The largest absolute Gasteiger partial charge is 0.378 e. The second-order valence-electron chi connectivity index (χ2n) is 7.39. The molecule has 2 aromatic heterocycles. The Balaban J connectivity index is 1.38. The summed E-state index contributed by atoms with van der Waals surface area (Å²) in [5.41, 5.74) is 2.24. The van der Waals surface area contributed by atoms with Crippen LogP contribution in [0.1, 0.15) is 11.3 Å². The Hall–Kier alpha value is -2.22. The van der Waals surface area contributed by atoms with Gasteiger partial charge in [0.05, 0.1) is 25.4 Å². The molecule has 0 spiro atoms. The average Bonchev–Trinajstić information content (AvgIpc) is 3.27. The van der Waals surface area contributed by atoms with E-state index in [-0.39, 0.29) is 0 Å². The number of rotatable bonds is 4. The minimum Gasteiger partial charge on any atom is -0.378 e. The lowest BCUT2D eigenvalue weighted by Crippen LogP contribution is -2.44. The molecule has 2 fully saturated rings. The Morgan fingerprint density at radius 2 is 1.93 bits per heavy atom. The molecule has 2 aliphatic rings. The van der Waals surface area contributed by atoms with Gasteiger partial charge in [0.15, 0.2) is 0 Å². The summed E-state index contributed by atoms with van der Waals surface area (Å²) in [6, 6.07) is 10.9. The van der Waals surface area contributed by atoms with E-state index in [0.29, 0.717) is 0 Å². The van der Waals surface area contributed by atoms with Crippen LogP contribution in [0.15, 0.2) is 42.0 Å². The van der Waals surface area contributed by atoms with Crippen molar-refractivity contribution < 1.29 is 4.74 Å². The Morgan fingerprint density at radius 3 is 2.79 bits per heavy atom. The molecule has 0 aliphatic carbocycles. The van der Waals surface area contributed by atoms with Crippen LogP contribution in [0.5, 0.6) is 0 Å². The van der Waals surface area contributed by atoms with Crippen molar-refractivity contribution in [3.8, 4) is 0 Å². The fourth-order valence-corrected chi connectivity index (χ4v) is 4.84. The SMILES string of the molecule is c1csc(CN2CCCN(c3ncnc4cc(N5CCOCC5)ccc34)C2)c1. The van der Waals surface area contributed by atoms with E-state index in [1.807, 2.05) is 11.3 Å². The highest BCUT2D eigenvalue weighted by atomic mass is 32.1. The maximum atomic E-state index is 5.48. The van der Waals surface area contributed by atoms with Crippen molar-refractivity contribution in [2.75, 3.05) is 55.9 Å². The monoisotopic (exact) mass is 395 g/mol. The minimum atomic E-state index is 0.793. The van der Waals surface area contributed by atoms with Crippen molar-refractivity contribution >= 4 is 33.7 Å². The van der Waals surface area contributed by atoms with Gasteiger partial charge in [0.25, 0.3) is 0 Å². The van der Waals surface area contributed by atoms with Crippen molar-refractivity contribution in [2.45, 2.75) is 13.0 Å². The molecule has 0 unspecified atom stereocenters. The van der Waals surface area contributed by atoms with Crippen molar-refractivity contribution in [3.63, 3.8) is 0 Å². The summed E-state index contributed by atoms with van der Waals surface area (Å²) in [4.78, 5) is 17.9. The van der Waals surface area contributed by atoms with Crippen molar-refractivity contribution in [2.24, 2.45) is 0 Å². The molecule has 6 nitrogen and oxygen atoms in total. The van der Waals surface area contributed by atoms with E-state index < -0.39 is 0 Å². The summed E-state index contributed by atoms with van der Waals surface area (Å²) in [6.07, 6.45) is 2.86. The van der Waals surface area contributed by atoms with E-state index in [1.165, 1.54) is 10.6 Å². The predicted octanol–water partition coefficient (Wildman–Crippen LogP) is 3.20. The van der Waals surface area contributed by atoms with Crippen LogP contribution in [0.2, 0.25) is 0 Å². The summed E-state index contributed by atoms with van der Waals surface area (Å²) in [7, 11) is 0. The summed E-state index contributed by atoms with van der Waals surface area (Å²) < 4.78 is 5.48. The van der Waals surface area contributed by atoms with Crippen LogP contribution in [0.25, 0.3) is 10.9 Å². The first-order chi connectivity index (χ1) is 13.9. The molecule has 3 aromatic rings. The second-order valence-corrected chi connectivity index (χ2v) is 8.42. The smallest absolute Gasteiger partial charge is 0.140 e. The summed E-state index contributed by atoms with van der Waals surface area (Å²) in [6.45, 7) is 7.56. The predicted molar refractivity (Wildman–Crippen MR) is 114 cm³/mol. The molecular formula is C21H25N5OS. The van der Waals surface area contributed by atoms with Gasteiger partial charge in [0.1, 0.15) is 12.1 Å². The molecule has 0 atom stereocenters. The topological polar surface area (TPSA) is 44.7 Å². The van der Waals surface area contributed by atoms with Crippen molar-refractivity contribution in [3.05, 3.63) is 46.9 Å². The second kappa shape index (κ2) is 8.03. The molecule has 0 N–H and O–H groups in total. The first-order valence-electron chi connectivity index (χ1n) is 9.94. The van der Waals surface area contributed by atoms with Crippen LogP contribution < -0.4 is 9.80 Å². The zero-order chi connectivity index (χ0) is 18.8. The first kappa shape index (κ1) is 17.8. The van der Waals surface area contributed by atoms with Crippen molar-refractivity contribution in [1.29, 1.82) is 0 Å². The van der Waals surface area contributed by atoms with E-state index in [1.54, 1.807) is 6.33 Å². The lowest BCUT2D eigenvalue weighted by atomic mass is 10.1. The Labute approximate surface area is 169 Å². The van der Waals surface area contributed by atoms with Crippen LogP contribution in [-0.2, 0) is 11.3 Å². The van der Waals surface area contributed by atoms with Crippen LogP contribution in [0, 0.1) is 0 Å². The van der Waals surface area contributed by atoms with Crippen molar-refractivity contribution in [1.82, 2.24) is 14.9 Å². The number of ether oxygens (including phenoxy) is 1. The van der Waals surface area contributed by atoms with Gasteiger partial charge in [-0.2, -0.15) is 0 Å². The molecule has 7 heteroatoms. The van der Waals surface area contributed by atoms with Gasteiger partial charge in [-0.15, -0.1) is 11.3 Å². The number of anilines is 2. The van der Waals surface area contributed by atoms with Crippen LogP contribution >= 0.6 is 11.3 Å². The van der Waals surface area contributed by atoms with E-state index in [0.717, 1.165) is 75.7 Å². The normalized spacial score (nSPS) is 18.7. The fraction of sp³-hybridized carbons (Fsp3) is 0.429. The lowest BCUT2D eigenvalue weighted by Gasteiger charge is -2.36. The molecule has 28 heavy (non-hydrogen) atoms. The standard InChI is InChI=1S/C21H25N5OS/c1-3-18(28-12-1)14-24-6-2-7-26(16-24)21-19-5-4-17(13-20(19)22-15-23-21)25-8-10-27-11-9-25/h1,3-5,12-13,15H,2,6-11,14,16H2. The molecule has 0 saturated carbocycles. The number of morpholine rings is 1. The Kier molecular flexibility index (Phi) is 5.12. The fourth-order valence-electron chi connectivity index (χ4n) is 4.09. The third kappa shape index (κ3) is 3.70. The van der Waals surface area contributed by atoms with Gasteiger partial charge in [0.2, 0.25) is 0 Å². The number of fused-ring (bicyclic) bond motifs is 1. The third-order valence-electron chi connectivity index (χ3n) is 5.51. The van der Waals surface area contributed by atoms with Gasteiger partial charge < -0.3 is 14.5 Å². The van der Waals surface area contributed by atoms with Crippen LogP contribution in [0.4, 0.5) is 11.5 Å². The maximum Gasteiger partial charge on any atom is 0.140 e. The third-order valence-corrected chi connectivity index (χ3v) is 6.37. The van der Waals surface area contributed by atoms with Crippen LogP contribution in [-0.4, -0.2) is 60.9 Å². The van der Waals surface area contributed by atoms with E-state index in [4.69, 9.17) is 4.74 Å². The number of benzene rings is 1. The first-order valence-corrected chi connectivity index (χ1v) is 10.8. The summed E-state index contributed by atoms with van der Waals surface area (Å²) in [5.74, 6) is 1.05. The highest BCUT2D eigenvalue weighted by Crippen LogP contribution is 2.29. The maximum absolute atomic E-state index is 5.48. The molecule has 2 aliphatic heterocycles. The van der Waals surface area contributed by atoms with E-state index in [9.17, 15) is 0 Å². The number of aromatic nitrogens is 2. The number of thiophene rings is 1. The van der Waals surface area contributed by atoms with Gasteiger partial charge in [0, 0.05) is 48.7 Å². The molecule has 0 amide bonds. The Morgan fingerprint density at radius 1 is 1.00 bits per heavy atom. The molecule has 2 saturated heterocycles. The zero-order valence-electron chi connectivity index (χ0n) is 16.0. The van der Waals surface area contributed by atoms with E-state index in [2.05, 4.69) is 60.4 Å². The molecule has 146 valence electrons. The van der Waals surface area contributed by atoms with E-state index >= 15 is 0 Å². The highest BCUT2D eigenvalue weighted by Gasteiger charge is 2.21. The van der Waals surface area contributed by atoms with Gasteiger partial charge in [-0.3, -0.25) is 4.90 Å². The zero-order valence-corrected chi connectivity index (χ0v) is 16.8. The average molecular weight is 396 g/mol.